The Morgan fingerprint density at radius 2 is 2.10 bits per heavy atom. The van der Waals surface area contributed by atoms with Crippen molar-refractivity contribution in [3.8, 4) is 0 Å². The number of carbonyl (C=O) groups is 2. The van der Waals surface area contributed by atoms with Gasteiger partial charge in [0, 0.05) is 26.2 Å². The average molecular weight is 295 g/mol. The lowest BCUT2D eigenvalue weighted by atomic mass is 10.1. The highest BCUT2D eigenvalue weighted by atomic mass is 16.6. The van der Waals surface area contributed by atoms with Crippen LogP contribution in [-0.2, 0) is 11.3 Å². The summed E-state index contributed by atoms with van der Waals surface area (Å²) in [6.07, 6.45) is 0. The predicted molar refractivity (Wildman–Crippen MR) is 75.1 cm³/mol. The van der Waals surface area contributed by atoms with Gasteiger partial charge in [-0.15, -0.1) is 0 Å². The summed E-state index contributed by atoms with van der Waals surface area (Å²) in [7, 11) is 1.65. The zero-order valence-electron chi connectivity index (χ0n) is 11.8. The van der Waals surface area contributed by atoms with Crippen LogP contribution in [0.15, 0.2) is 18.2 Å². The van der Waals surface area contributed by atoms with E-state index < -0.39 is 16.6 Å². The van der Waals surface area contributed by atoms with E-state index in [0.29, 0.717) is 6.54 Å². The number of carboxylic acid groups (broad SMARTS) is 1. The molecule has 8 nitrogen and oxygen atoms in total. The first-order chi connectivity index (χ1) is 9.88. The van der Waals surface area contributed by atoms with Crippen molar-refractivity contribution in [3.63, 3.8) is 0 Å². The molecule has 0 fully saturated rings. The maximum absolute atomic E-state index is 11.6. The summed E-state index contributed by atoms with van der Waals surface area (Å²) in [5.74, 6) is -1.50. The standard InChI is InChI=1S/C13H17N3O5/c1-3-15(2)11(17)8-14-7-9-5-4-6-10(16(20)21)12(9)13(18)19/h4-6,14H,3,7-8H2,1-2H3,(H,18,19). The van der Waals surface area contributed by atoms with Crippen LogP contribution < -0.4 is 5.32 Å². The maximum atomic E-state index is 11.6. The quantitative estimate of drug-likeness (QED) is 0.570. The van der Waals surface area contributed by atoms with Crippen LogP contribution in [0.2, 0.25) is 0 Å². The number of nitro benzene ring substituents is 1. The van der Waals surface area contributed by atoms with Gasteiger partial charge in [-0.3, -0.25) is 14.9 Å². The Balaban J connectivity index is 2.85. The van der Waals surface area contributed by atoms with Crippen LogP contribution in [0.1, 0.15) is 22.8 Å². The van der Waals surface area contributed by atoms with Gasteiger partial charge in [-0.1, -0.05) is 12.1 Å². The molecule has 0 saturated carbocycles. The molecule has 0 saturated heterocycles. The van der Waals surface area contributed by atoms with Crippen molar-refractivity contribution in [1.82, 2.24) is 10.2 Å². The summed E-state index contributed by atoms with van der Waals surface area (Å²) < 4.78 is 0. The number of rotatable bonds is 7. The highest BCUT2D eigenvalue weighted by molar-refractivity contribution is 5.94. The maximum Gasteiger partial charge on any atom is 0.343 e. The monoisotopic (exact) mass is 295 g/mol. The van der Waals surface area contributed by atoms with Crippen molar-refractivity contribution >= 4 is 17.6 Å². The molecule has 0 aliphatic carbocycles. The zero-order valence-corrected chi connectivity index (χ0v) is 11.8. The number of hydrogen-bond donors (Lipinski definition) is 2. The molecule has 0 aliphatic heterocycles. The molecular formula is C13H17N3O5. The highest BCUT2D eigenvalue weighted by Gasteiger charge is 2.23. The number of likely N-dealkylation sites (N-methyl/N-ethyl adjacent to an activating group) is 1. The minimum absolute atomic E-state index is 0.0338. The lowest BCUT2D eigenvalue weighted by Crippen LogP contribution is -2.35. The summed E-state index contributed by atoms with van der Waals surface area (Å²) in [5, 5.41) is 22.8. The van der Waals surface area contributed by atoms with Crippen LogP contribution in [0.4, 0.5) is 5.69 Å². The summed E-state index contributed by atoms with van der Waals surface area (Å²) in [6, 6.07) is 4.04. The Morgan fingerprint density at radius 3 is 2.62 bits per heavy atom. The Hall–Kier alpha value is -2.48. The second-order valence-electron chi connectivity index (χ2n) is 4.38. The molecule has 1 amide bonds. The van der Waals surface area contributed by atoms with E-state index in [1.807, 2.05) is 6.92 Å². The lowest BCUT2D eigenvalue weighted by Gasteiger charge is -2.15. The van der Waals surface area contributed by atoms with Gasteiger partial charge >= 0.3 is 5.97 Å². The number of benzene rings is 1. The molecule has 1 aromatic carbocycles. The first-order valence-corrected chi connectivity index (χ1v) is 6.32. The number of aromatic carboxylic acids is 1. The van der Waals surface area contributed by atoms with E-state index in [1.54, 1.807) is 7.05 Å². The topological polar surface area (TPSA) is 113 Å². The van der Waals surface area contributed by atoms with Crippen LogP contribution in [0, 0.1) is 10.1 Å². The van der Waals surface area contributed by atoms with E-state index in [1.165, 1.54) is 17.0 Å². The third-order valence-electron chi connectivity index (χ3n) is 3.03. The van der Waals surface area contributed by atoms with Crippen molar-refractivity contribution in [2.75, 3.05) is 20.1 Å². The van der Waals surface area contributed by atoms with Crippen molar-refractivity contribution < 1.29 is 19.6 Å². The van der Waals surface area contributed by atoms with E-state index in [2.05, 4.69) is 5.32 Å². The van der Waals surface area contributed by atoms with Crippen LogP contribution in [0.3, 0.4) is 0 Å². The number of nitro groups is 1. The molecule has 0 aromatic heterocycles. The van der Waals surface area contributed by atoms with Gasteiger partial charge in [0.25, 0.3) is 5.69 Å². The molecule has 0 spiro atoms. The summed E-state index contributed by atoms with van der Waals surface area (Å²) >= 11 is 0. The summed E-state index contributed by atoms with van der Waals surface area (Å²) in [4.78, 5) is 34.4. The van der Waals surface area contributed by atoms with Crippen molar-refractivity contribution in [2.24, 2.45) is 0 Å². The van der Waals surface area contributed by atoms with Crippen LogP contribution in [0.5, 0.6) is 0 Å². The minimum Gasteiger partial charge on any atom is -0.477 e. The Bertz CT molecular complexity index is 559. The largest absolute Gasteiger partial charge is 0.477 e. The lowest BCUT2D eigenvalue weighted by molar-refractivity contribution is -0.385. The van der Waals surface area contributed by atoms with Gasteiger partial charge < -0.3 is 15.3 Å². The first-order valence-electron chi connectivity index (χ1n) is 6.32. The molecule has 0 aliphatic rings. The SMILES string of the molecule is CCN(C)C(=O)CNCc1cccc([N+](=O)[O-])c1C(=O)O. The van der Waals surface area contributed by atoms with Gasteiger partial charge in [0.2, 0.25) is 5.91 Å². The molecule has 8 heteroatoms. The second kappa shape index (κ2) is 7.34. The average Bonchev–Trinajstić information content (AvgIpc) is 2.45. The van der Waals surface area contributed by atoms with Crippen LogP contribution in [0.25, 0.3) is 0 Å². The number of hydrogen-bond acceptors (Lipinski definition) is 5. The molecule has 0 heterocycles. The molecule has 114 valence electrons. The minimum atomic E-state index is -1.36. The number of carboxylic acids is 1. The molecule has 0 bridgehead atoms. The number of carbonyl (C=O) groups excluding carboxylic acids is 1. The van der Waals surface area contributed by atoms with Crippen molar-refractivity contribution in [3.05, 3.63) is 39.4 Å². The predicted octanol–water partition coefficient (Wildman–Crippen LogP) is 0.861. The number of nitrogens with zero attached hydrogens (tertiary/aromatic N) is 2. The van der Waals surface area contributed by atoms with E-state index in [-0.39, 0.29) is 30.1 Å². The fourth-order valence-corrected chi connectivity index (χ4v) is 1.75. The number of nitrogens with one attached hydrogen (secondary N) is 1. The third-order valence-corrected chi connectivity index (χ3v) is 3.03. The van der Waals surface area contributed by atoms with E-state index in [9.17, 15) is 19.7 Å². The Morgan fingerprint density at radius 1 is 1.43 bits per heavy atom. The molecule has 1 rings (SSSR count). The normalized spacial score (nSPS) is 10.2. The van der Waals surface area contributed by atoms with Gasteiger partial charge in [-0.25, -0.2) is 4.79 Å². The summed E-state index contributed by atoms with van der Waals surface area (Å²) in [5.41, 5.74) is -0.547. The highest BCUT2D eigenvalue weighted by Crippen LogP contribution is 2.22. The van der Waals surface area contributed by atoms with Gasteiger partial charge in [0.1, 0.15) is 5.56 Å². The van der Waals surface area contributed by atoms with Crippen LogP contribution in [-0.4, -0.2) is 46.9 Å². The second-order valence-corrected chi connectivity index (χ2v) is 4.38. The van der Waals surface area contributed by atoms with Crippen LogP contribution >= 0.6 is 0 Å². The van der Waals surface area contributed by atoms with Gasteiger partial charge in [-0.05, 0) is 12.5 Å². The zero-order chi connectivity index (χ0) is 16.0. The molecule has 1 aromatic rings. The van der Waals surface area contributed by atoms with E-state index in [0.717, 1.165) is 6.07 Å². The van der Waals surface area contributed by atoms with Crippen molar-refractivity contribution in [1.29, 1.82) is 0 Å². The third kappa shape index (κ3) is 4.25. The molecular weight excluding hydrogens is 278 g/mol. The Kier molecular flexibility index (Phi) is 5.79. The number of amides is 1. The molecule has 2 N–H and O–H groups in total. The smallest absolute Gasteiger partial charge is 0.343 e. The van der Waals surface area contributed by atoms with Gasteiger partial charge in [0.05, 0.1) is 11.5 Å². The molecule has 0 unspecified atom stereocenters. The van der Waals surface area contributed by atoms with Crippen molar-refractivity contribution in [2.45, 2.75) is 13.5 Å². The van der Waals surface area contributed by atoms with Gasteiger partial charge in [-0.2, -0.15) is 0 Å². The van der Waals surface area contributed by atoms with E-state index >= 15 is 0 Å². The molecule has 0 atom stereocenters. The first kappa shape index (κ1) is 16.6. The van der Waals surface area contributed by atoms with E-state index in [4.69, 9.17) is 5.11 Å². The molecule has 0 radical (unpaired) electrons. The van der Waals surface area contributed by atoms with Gasteiger partial charge in [0.15, 0.2) is 0 Å². The molecule has 21 heavy (non-hydrogen) atoms. The summed E-state index contributed by atoms with van der Waals surface area (Å²) in [6.45, 7) is 2.50. The Labute approximate surface area is 121 Å². The fraction of sp³-hybridized carbons (Fsp3) is 0.385. The fourth-order valence-electron chi connectivity index (χ4n) is 1.75.